The van der Waals surface area contributed by atoms with Gasteiger partial charge in [-0.1, -0.05) is 30.3 Å². The Morgan fingerprint density at radius 2 is 1.95 bits per heavy atom. The quantitative estimate of drug-likeness (QED) is 0.789. The van der Waals surface area contributed by atoms with E-state index in [0.29, 0.717) is 0 Å². The molecule has 1 aliphatic rings. The summed E-state index contributed by atoms with van der Waals surface area (Å²) < 4.78 is 0. The standard InChI is InChI=1S/C18H19NO/c1-14(20)16-7-8-18-17(13-16)10-12-19(18)11-9-15-5-3-2-4-6-15/h2-8,13H,9-12H2,1H3. The second-order valence-electron chi connectivity index (χ2n) is 5.37. The summed E-state index contributed by atoms with van der Waals surface area (Å²) in [6.07, 6.45) is 2.11. The van der Waals surface area contributed by atoms with E-state index in [-0.39, 0.29) is 5.78 Å². The number of nitrogens with zero attached hydrogens (tertiary/aromatic N) is 1. The molecule has 0 atom stereocenters. The maximum atomic E-state index is 11.4. The van der Waals surface area contributed by atoms with E-state index in [1.165, 1.54) is 16.8 Å². The summed E-state index contributed by atoms with van der Waals surface area (Å²) in [5.41, 5.74) is 4.81. The predicted molar refractivity (Wildman–Crippen MR) is 82.5 cm³/mol. The Labute approximate surface area is 120 Å². The molecule has 0 spiro atoms. The summed E-state index contributed by atoms with van der Waals surface area (Å²) in [7, 11) is 0. The van der Waals surface area contributed by atoms with Gasteiger partial charge in [-0.2, -0.15) is 0 Å². The Morgan fingerprint density at radius 1 is 1.15 bits per heavy atom. The highest BCUT2D eigenvalue weighted by Crippen LogP contribution is 2.29. The zero-order valence-electron chi connectivity index (χ0n) is 11.8. The van der Waals surface area contributed by atoms with E-state index in [1.807, 2.05) is 6.07 Å². The van der Waals surface area contributed by atoms with Gasteiger partial charge in [-0.25, -0.2) is 0 Å². The van der Waals surface area contributed by atoms with Crippen molar-refractivity contribution in [3.8, 4) is 0 Å². The molecule has 2 aromatic rings. The number of hydrogen-bond acceptors (Lipinski definition) is 2. The molecule has 0 unspecified atom stereocenters. The van der Waals surface area contributed by atoms with Gasteiger partial charge in [0.1, 0.15) is 0 Å². The number of ketones is 1. The normalized spacial score (nSPS) is 13.3. The van der Waals surface area contributed by atoms with Crippen LogP contribution in [0.15, 0.2) is 48.5 Å². The molecule has 2 nitrogen and oxygen atoms in total. The van der Waals surface area contributed by atoms with E-state index in [2.05, 4.69) is 47.4 Å². The van der Waals surface area contributed by atoms with Crippen molar-refractivity contribution >= 4 is 11.5 Å². The molecule has 1 heterocycles. The number of Topliss-reactive ketones (excluding diaryl/α,β-unsaturated/α-hetero) is 1. The van der Waals surface area contributed by atoms with Crippen LogP contribution in [0, 0.1) is 0 Å². The predicted octanol–water partition coefficient (Wildman–Crippen LogP) is 3.49. The first-order valence-corrected chi connectivity index (χ1v) is 7.17. The van der Waals surface area contributed by atoms with Gasteiger partial charge in [0.2, 0.25) is 0 Å². The second kappa shape index (κ2) is 5.49. The maximum absolute atomic E-state index is 11.4. The van der Waals surface area contributed by atoms with Gasteiger partial charge >= 0.3 is 0 Å². The Balaban J connectivity index is 1.72. The number of rotatable bonds is 4. The van der Waals surface area contributed by atoms with Crippen LogP contribution in [-0.4, -0.2) is 18.9 Å². The second-order valence-corrected chi connectivity index (χ2v) is 5.37. The third kappa shape index (κ3) is 2.60. The molecular formula is C18H19NO. The van der Waals surface area contributed by atoms with Crippen LogP contribution >= 0.6 is 0 Å². The zero-order valence-corrected chi connectivity index (χ0v) is 11.8. The van der Waals surface area contributed by atoms with Gasteiger partial charge in [0, 0.05) is 24.3 Å². The minimum Gasteiger partial charge on any atom is -0.371 e. The van der Waals surface area contributed by atoms with Crippen molar-refractivity contribution in [2.24, 2.45) is 0 Å². The summed E-state index contributed by atoms with van der Waals surface area (Å²) in [4.78, 5) is 13.8. The molecule has 0 amide bonds. The van der Waals surface area contributed by atoms with Crippen molar-refractivity contribution < 1.29 is 4.79 Å². The molecule has 102 valence electrons. The largest absolute Gasteiger partial charge is 0.371 e. The number of benzene rings is 2. The fourth-order valence-corrected chi connectivity index (χ4v) is 2.83. The Kier molecular flexibility index (Phi) is 3.55. The fraction of sp³-hybridized carbons (Fsp3) is 0.278. The lowest BCUT2D eigenvalue weighted by Gasteiger charge is -2.19. The van der Waals surface area contributed by atoms with Gasteiger partial charge < -0.3 is 4.90 Å². The fourth-order valence-electron chi connectivity index (χ4n) is 2.83. The van der Waals surface area contributed by atoms with E-state index in [0.717, 1.165) is 31.5 Å². The van der Waals surface area contributed by atoms with Crippen LogP contribution in [0.3, 0.4) is 0 Å². The molecule has 1 aliphatic heterocycles. The van der Waals surface area contributed by atoms with Crippen molar-refractivity contribution in [1.82, 2.24) is 0 Å². The molecule has 2 aromatic carbocycles. The van der Waals surface area contributed by atoms with Gasteiger partial charge in [0.25, 0.3) is 0 Å². The molecule has 0 fully saturated rings. The van der Waals surface area contributed by atoms with Crippen molar-refractivity contribution in [2.45, 2.75) is 19.8 Å². The lowest BCUT2D eigenvalue weighted by atomic mass is 10.1. The minimum atomic E-state index is 0.149. The van der Waals surface area contributed by atoms with Gasteiger partial charge in [-0.15, -0.1) is 0 Å². The van der Waals surface area contributed by atoms with E-state index >= 15 is 0 Å². The first kappa shape index (κ1) is 12.9. The molecular weight excluding hydrogens is 246 g/mol. The molecule has 0 aromatic heterocycles. The summed E-state index contributed by atoms with van der Waals surface area (Å²) in [5, 5.41) is 0. The van der Waals surface area contributed by atoms with Crippen molar-refractivity contribution in [1.29, 1.82) is 0 Å². The number of carbonyl (C=O) groups excluding carboxylic acids is 1. The summed E-state index contributed by atoms with van der Waals surface area (Å²) >= 11 is 0. The first-order valence-electron chi connectivity index (χ1n) is 7.17. The molecule has 0 bridgehead atoms. The van der Waals surface area contributed by atoms with Crippen LogP contribution in [0.25, 0.3) is 0 Å². The molecule has 0 saturated carbocycles. The van der Waals surface area contributed by atoms with Crippen LogP contribution in [0.4, 0.5) is 5.69 Å². The van der Waals surface area contributed by atoms with Crippen LogP contribution < -0.4 is 4.90 Å². The highest BCUT2D eigenvalue weighted by Gasteiger charge is 2.19. The molecule has 0 radical (unpaired) electrons. The molecule has 20 heavy (non-hydrogen) atoms. The van der Waals surface area contributed by atoms with Gasteiger partial charge in [0.05, 0.1) is 0 Å². The summed E-state index contributed by atoms with van der Waals surface area (Å²) in [5.74, 6) is 0.149. The van der Waals surface area contributed by atoms with E-state index in [9.17, 15) is 4.79 Å². The summed E-state index contributed by atoms with van der Waals surface area (Å²) in [6.45, 7) is 3.73. The Morgan fingerprint density at radius 3 is 2.70 bits per heavy atom. The Bertz CT molecular complexity index is 619. The van der Waals surface area contributed by atoms with Gasteiger partial charge in [-0.3, -0.25) is 4.79 Å². The lowest BCUT2D eigenvalue weighted by molar-refractivity contribution is 0.101. The highest BCUT2D eigenvalue weighted by molar-refractivity contribution is 5.94. The monoisotopic (exact) mass is 265 g/mol. The minimum absolute atomic E-state index is 0.149. The van der Waals surface area contributed by atoms with Crippen molar-refractivity contribution in [2.75, 3.05) is 18.0 Å². The Hall–Kier alpha value is -2.09. The van der Waals surface area contributed by atoms with Gasteiger partial charge in [-0.05, 0) is 49.1 Å². The molecule has 3 rings (SSSR count). The van der Waals surface area contributed by atoms with E-state index in [1.54, 1.807) is 6.92 Å². The van der Waals surface area contributed by atoms with Crippen LogP contribution in [-0.2, 0) is 12.8 Å². The zero-order chi connectivity index (χ0) is 13.9. The average molecular weight is 265 g/mol. The lowest BCUT2D eigenvalue weighted by Crippen LogP contribution is -2.23. The van der Waals surface area contributed by atoms with E-state index in [4.69, 9.17) is 0 Å². The molecule has 2 heteroatoms. The highest BCUT2D eigenvalue weighted by atomic mass is 16.1. The first-order chi connectivity index (χ1) is 9.74. The van der Waals surface area contributed by atoms with Crippen molar-refractivity contribution in [3.05, 3.63) is 65.2 Å². The SMILES string of the molecule is CC(=O)c1ccc2c(c1)CCN2CCc1ccccc1. The smallest absolute Gasteiger partial charge is 0.159 e. The molecule has 0 aliphatic carbocycles. The van der Waals surface area contributed by atoms with Crippen LogP contribution in [0.5, 0.6) is 0 Å². The number of carbonyl (C=O) groups is 1. The molecule has 0 N–H and O–H groups in total. The third-order valence-corrected chi connectivity index (χ3v) is 3.99. The third-order valence-electron chi connectivity index (χ3n) is 3.99. The number of anilines is 1. The average Bonchev–Trinajstić information content (AvgIpc) is 2.88. The van der Waals surface area contributed by atoms with Gasteiger partial charge in [0.15, 0.2) is 5.78 Å². The maximum Gasteiger partial charge on any atom is 0.159 e. The van der Waals surface area contributed by atoms with Crippen molar-refractivity contribution in [3.63, 3.8) is 0 Å². The topological polar surface area (TPSA) is 20.3 Å². The van der Waals surface area contributed by atoms with E-state index < -0.39 is 0 Å². The van der Waals surface area contributed by atoms with Crippen LogP contribution in [0.2, 0.25) is 0 Å². The van der Waals surface area contributed by atoms with Crippen LogP contribution in [0.1, 0.15) is 28.4 Å². The number of fused-ring (bicyclic) bond motifs is 1. The molecule has 0 saturated heterocycles. The number of hydrogen-bond donors (Lipinski definition) is 0. The summed E-state index contributed by atoms with van der Waals surface area (Å²) in [6, 6.07) is 16.7.